The molecule has 2 N–H and O–H groups in total. The lowest BCUT2D eigenvalue weighted by molar-refractivity contribution is -0.114. The predicted octanol–water partition coefficient (Wildman–Crippen LogP) is 3.61. The first-order valence-electron chi connectivity index (χ1n) is 8.81. The number of fused-ring (bicyclic) bond motifs is 2. The second-order valence-corrected chi connectivity index (χ2v) is 6.99. The van der Waals surface area contributed by atoms with Crippen LogP contribution < -0.4 is 0 Å². The van der Waals surface area contributed by atoms with E-state index in [0.717, 1.165) is 35.1 Å². The number of carbonyl (C=O) groups excluding carboxylic acids is 1. The molecule has 2 atom stereocenters. The SMILES string of the molecule is CN1C2CCC1/C(=C\c1ccc(O)cc1)C(=O)/C2=C\c1ccc(O)cc1. The van der Waals surface area contributed by atoms with Gasteiger partial charge in [-0.3, -0.25) is 9.69 Å². The number of phenolic OH excluding ortho intramolecular Hbond substituents is 2. The van der Waals surface area contributed by atoms with Crippen LogP contribution in [0.25, 0.3) is 12.2 Å². The van der Waals surface area contributed by atoms with Crippen molar-refractivity contribution in [3.8, 4) is 11.5 Å². The maximum atomic E-state index is 13.2. The Morgan fingerprint density at radius 1 is 0.808 bits per heavy atom. The minimum atomic E-state index is 0.0942. The fraction of sp³-hybridized carbons (Fsp3) is 0.227. The molecule has 0 saturated carbocycles. The Morgan fingerprint density at radius 3 is 1.58 bits per heavy atom. The molecule has 4 nitrogen and oxygen atoms in total. The Labute approximate surface area is 152 Å². The van der Waals surface area contributed by atoms with Crippen molar-refractivity contribution in [1.82, 2.24) is 4.90 Å². The highest BCUT2D eigenvalue weighted by atomic mass is 16.3. The molecule has 0 spiro atoms. The normalized spacial score (nSPS) is 26.0. The van der Waals surface area contributed by atoms with Gasteiger partial charge in [-0.05, 0) is 67.4 Å². The average Bonchev–Trinajstić information content (AvgIpc) is 2.94. The van der Waals surface area contributed by atoms with Gasteiger partial charge in [0.2, 0.25) is 0 Å². The van der Waals surface area contributed by atoms with Gasteiger partial charge in [-0.2, -0.15) is 0 Å². The minimum absolute atomic E-state index is 0.0942. The van der Waals surface area contributed by atoms with Crippen LogP contribution in [0.3, 0.4) is 0 Å². The van der Waals surface area contributed by atoms with Crippen molar-refractivity contribution in [1.29, 1.82) is 0 Å². The Hall–Kier alpha value is -2.85. The van der Waals surface area contributed by atoms with Gasteiger partial charge in [-0.1, -0.05) is 24.3 Å². The fourth-order valence-corrected chi connectivity index (χ4v) is 3.98. The molecule has 0 aromatic heterocycles. The van der Waals surface area contributed by atoms with E-state index in [1.807, 2.05) is 36.4 Å². The van der Waals surface area contributed by atoms with Gasteiger partial charge in [0.05, 0.1) is 0 Å². The molecular weight excluding hydrogens is 326 g/mol. The smallest absolute Gasteiger partial charge is 0.188 e. The zero-order chi connectivity index (χ0) is 18.3. The molecule has 2 heterocycles. The van der Waals surface area contributed by atoms with Gasteiger partial charge >= 0.3 is 0 Å². The van der Waals surface area contributed by atoms with E-state index < -0.39 is 0 Å². The third-order valence-electron chi connectivity index (χ3n) is 5.37. The van der Waals surface area contributed by atoms with Crippen LogP contribution in [0.15, 0.2) is 59.7 Å². The Kier molecular flexibility index (Phi) is 4.13. The molecule has 4 heteroatoms. The van der Waals surface area contributed by atoms with Crippen molar-refractivity contribution in [2.75, 3.05) is 7.05 Å². The number of likely N-dealkylation sites (N-methyl/N-ethyl adjacent to an activating group) is 1. The van der Waals surface area contributed by atoms with Gasteiger partial charge in [0.1, 0.15) is 11.5 Å². The molecule has 2 saturated heterocycles. The first kappa shape index (κ1) is 16.6. The monoisotopic (exact) mass is 347 g/mol. The van der Waals surface area contributed by atoms with Gasteiger partial charge in [-0.15, -0.1) is 0 Å². The van der Waals surface area contributed by atoms with Gasteiger partial charge in [-0.25, -0.2) is 0 Å². The van der Waals surface area contributed by atoms with Crippen molar-refractivity contribution >= 4 is 17.9 Å². The summed E-state index contributed by atoms with van der Waals surface area (Å²) in [5.41, 5.74) is 3.43. The summed E-state index contributed by atoms with van der Waals surface area (Å²) in [6, 6.07) is 14.1. The zero-order valence-corrected chi connectivity index (χ0v) is 14.6. The Bertz CT molecular complexity index is 820. The standard InChI is InChI=1S/C22H21NO3/c1-23-20-10-11-21(23)19(13-15-4-8-17(25)9-5-15)22(26)18(20)12-14-2-6-16(24)7-3-14/h2-9,12-13,20-21,24-25H,10-11H2,1H3/b18-12-,19-13+. The first-order valence-corrected chi connectivity index (χ1v) is 8.81. The summed E-state index contributed by atoms with van der Waals surface area (Å²) >= 11 is 0. The summed E-state index contributed by atoms with van der Waals surface area (Å²) in [4.78, 5) is 15.5. The summed E-state index contributed by atoms with van der Waals surface area (Å²) in [5, 5.41) is 18.9. The molecule has 132 valence electrons. The quantitative estimate of drug-likeness (QED) is 0.815. The molecule has 0 aliphatic carbocycles. The minimum Gasteiger partial charge on any atom is -0.508 e. The summed E-state index contributed by atoms with van der Waals surface area (Å²) in [7, 11) is 2.07. The number of hydrogen-bond acceptors (Lipinski definition) is 4. The maximum absolute atomic E-state index is 13.2. The van der Waals surface area contributed by atoms with E-state index in [2.05, 4.69) is 11.9 Å². The number of hydrogen-bond donors (Lipinski definition) is 2. The van der Waals surface area contributed by atoms with Gasteiger partial charge in [0, 0.05) is 23.2 Å². The van der Waals surface area contributed by atoms with E-state index in [-0.39, 0.29) is 29.4 Å². The van der Waals surface area contributed by atoms with E-state index in [9.17, 15) is 15.0 Å². The molecule has 2 aromatic carbocycles. The molecule has 0 amide bonds. The third-order valence-corrected chi connectivity index (χ3v) is 5.37. The predicted molar refractivity (Wildman–Crippen MR) is 102 cm³/mol. The highest BCUT2D eigenvalue weighted by molar-refractivity contribution is 6.16. The summed E-state index contributed by atoms with van der Waals surface area (Å²) < 4.78 is 0. The molecule has 0 radical (unpaired) electrons. The van der Waals surface area contributed by atoms with Crippen molar-refractivity contribution < 1.29 is 15.0 Å². The molecule has 26 heavy (non-hydrogen) atoms. The van der Waals surface area contributed by atoms with Crippen LogP contribution >= 0.6 is 0 Å². The second-order valence-electron chi connectivity index (χ2n) is 6.99. The lowest BCUT2D eigenvalue weighted by atomic mass is 9.88. The Balaban J connectivity index is 1.75. The van der Waals surface area contributed by atoms with Crippen LogP contribution in [0.4, 0.5) is 0 Å². The van der Waals surface area contributed by atoms with Crippen molar-refractivity contribution in [2.24, 2.45) is 0 Å². The molecule has 2 aromatic rings. The molecule has 4 rings (SSSR count). The van der Waals surface area contributed by atoms with Crippen LogP contribution in [0.5, 0.6) is 11.5 Å². The topological polar surface area (TPSA) is 60.8 Å². The summed E-state index contributed by atoms with van der Waals surface area (Å²) in [5.74, 6) is 0.526. The number of piperidine rings is 1. The number of aromatic hydroxyl groups is 2. The first-order chi connectivity index (χ1) is 12.5. The third kappa shape index (κ3) is 2.93. The lowest BCUT2D eigenvalue weighted by Crippen LogP contribution is -2.43. The van der Waals surface area contributed by atoms with Crippen LogP contribution in [-0.4, -0.2) is 40.0 Å². The van der Waals surface area contributed by atoms with Crippen molar-refractivity contribution in [3.63, 3.8) is 0 Å². The Morgan fingerprint density at radius 2 is 1.19 bits per heavy atom. The molecule has 2 aliphatic rings. The highest BCUT2D eigenvalue weighted by Crippen LogP contribution is 2.40. The molecule has 2 unspecified atom stereocenters. The fourth-order valence-electron chi connectivity index (χ4n) is 3.98. The van der Waals surface area contributed by atoms with Crippen LogP contribution in [-0.2, 0) is 4.79 Å². The number of phenols is 2. The van der Waals surface area contributed by atoms with Gasteiger partial charge in [0.25, 0.3) is 0 Å². The van der Waals surface area contributed by atoms with Gasteiger partial charge < -0.3 is 10.2 Å². The largest absolute Gasteiger partial charge is 0.508 e. The summed E-state index contributed by atoms with van der Waals surface area (Å²) in [6.07, 6.45) is 5.80. The maximum Gasteiger partial charge on any atom is 0.188 e. The number of nitrogens with zero attached hydrogens (tertiary/aromatic N) is 1. The molecule has 2 aliphatic heterocycles. The molecule has 2 fully saturated rings. The van der Waals surface area contributed by atoms with E-state index >= 15 is 0 Å². The number of carbonyl (C=O) groups is 1. The number of benzene rings is 2. The zero-order valence-electron chi connectivity index (χ0n) is 14.6. The second kappa shape index (κ2) is 6.46. The average molecular weight is 347 g/mol. The molecular formula is C22H21NO3. The van der Waals surface area contributed by atoms with Crippen LogP contribution in [0, 0.1) is 0 Å². The van der Waals surface area contributed by atoms with Crippen molar-refractivity contribution in [3.05, 3.63) is 70.8 Å². The van der Waals surface area contributed by atoms with E-state index in [1.165, 1.54) is 0 Å². The van der Waals surface area contributed by atoms with Crippen LogP contribution in [0.2, 0.25) is 0 Å². The van der Waals surface area contributed by atoms with Crippen LogP contribution in [0.1, 0.15) is 24.0 Å². The van der Waals surface area contributed by atoms with E-state index in [1.54, 1.807) is 24.3 Å². The molecule has 2 bridgehead atoms. The lowest BCUT2D eigenvalue weighted by Gasteiger charge is -2.34. The van der Waals surface area contributed by atoms with E-state index in [4.69, 9.17) is 0 Å². The highest BCUT2D eigenvalue weighted by Gasteiger charge is 2.44. The van der Waals surface area contributed by atoms with Gasteiger partial charge in [0.15, 0.2) is 5.78 Å². The number of ketones is 1. The van der Waals surface area contributed by atoms with Crippen molar-refractivity contribution in [2.45, 2.75) is 24.9 Å². The summed E-state index contributed by atoms with van der Waals surface area (Å²) in [6.45, 7) is 0. The van der Waals surface area contributed by atoms with E-state index in [0.29, 0.717) is 0 Å². The number of Topliss-reactive ketones (excluding diaryl/α,β-unsaturated/α-hetero) is 1. The number of rotatable bonds is 2.